The largest absolute Gasteiger partial charge is 0.0622 e. The molecule has 18 aromatic carbocycles. The van der Waals surface area contributed by atoms with E-state index in [-0.39, 0.29) is 0 Å². The van der Waals surface area contributed by atoms with Crippen LogP contribution in [0.4, 0.5) is 0 Å². The Morgan fingerprint density at radius 3 is 0.237 bits per heavy atom. The Balaban J connectivity index is 1.27. The van der Waals surface area contributed by atoms with Gasteiger partial charge in [0.25, 0.3) is 0 Å². The van der Waals surface area contributed by atoms with Crippen LogP contribution in [-0.2, 0) is 0 Å². The van der Waals surface area contributed by atoms with Gasteiger partial charge >= 0.3 is 0 Å². The molecule has 0 fully saturated rings. The summed E-state index contributed by atoms with van der Waals surface area (Å²) < 4.78 is 0. The summed E-state index contributed by atoms with van der Waals surface area (Å²) >= 11 is 0. The monoisotopic (exact) mass is 1540 g/mol. The Morgan fingerprint density at radius 1 is 0.0789 bits per heavy atom. The summed E-state index contributed by atoms with van der Waals surface area (Å²) in [6, 6.07) is 185. The van der Waals surface area contributed by atoms with Crippen molar-refractivity contribution >= 4 is 44.4 Å². The van der Waals surface area contributed by atoms with E-state index in [4.69, 9.17) is 0 Å². The lowest BCUT2D eigenvalue weighted by Gasteiger charge is -2.35. The van der Waals surface area contributed by atoms with E-state index in [1.54, 1.807) is 31.1 Å². The summed E-state index contributed by atoms with van der Waals surface area (Å²) in [7, 11) is -14.0. The first-order valence-electron chi connectivity index (χ1n) is 39.4. The Morgan fingerprint density at radius 2 is 0.158 bits per heavy atom. The Bertz CT molecular complexity index is 5200. The van der Waals surface area contributed by atoms with Gasteiger partial charge in [-0.15, -0.1) is 0 Å². The fourth-order valence-electron chi connectivity index (χ4n) is 17.5. The van der Waals surface area contributed by atoms with Crippen molar-refractivity contribution in [2.24, 2.45) is 0 Å². The molecule has 0 bridgehead atoms. The van der Waals surface area contributed by atoms with Gasteiger partial charge in [0.05, 0.1) is 0 Å². The third-order valence-corrected chi connectivity index (χ3v) is 90.1. The summed E-state index contributed by atoms with van der Waals surface area (Å²) in [5, 5.41) is 9.30. The normalized spacial score (nSPS) is 11.2. The standard InChI is InChI=1S/C108H78Si6/c1-13-43-79(44-14-1)91-67-37-68-92(80-45-15-2-16-46-80)103(91)109-110(104-93(81-47-17-3-18-48-81)69-38-70-94(104)82-49-19-4-20-50-82)112(106-97(85-55-25-7-26-56-85)73-40-74-98(106)86-57-27-8-28-58-86)114(108-101(89-63-33-11-34-64-89)77-42-78-102(108)90-65-35-12-36-66-90)113(107-99(87-59-29-9-30-60-87)75-41-76-100(107)88-61-31-10-32-62-88)111(109)105-95(83-51-21-5-22-52-83)71-39-72-96(105)84-53-23-6-24-54-84/h1-78H. The summed E-state index contributed by atoms with van der Waals surface area (Å²) in [6.45, 7) is 0. The van der Waals surface area contributed by atoms with E-state index >= 15 is 0 Å². The van der Waals surface area contributed by atoms with E-state index in [2.05, 4.69) is 473 Å². The average Bonchev–Trinajstić information content (AvgIpc) is 0.682. The van der Waals surface area contributed by atoms with Crippen molar-refractivity contribution < 1.29 is 0 Å². The first-order valence-corrected chi connectivity index (χ1v) is 54.4. The molecule has 0 radical (unpaired) electrons. The van der Waals surface area contributed by atoms with Gasteiger partial charge in [0, 0.05) is 44.4 Å². The molecule has 0 aliphatic carbocycles. The Hall–Kier alpha value is -12.7. The van der Waals surface area contributed by atoms with Crippen LogP contribution in [0, 0.1) is 0 Å². The molecule has 0 N–H and O–H groups in total. The molecule has 0 nitrogen and oxygen atoms in total. The second kappa shape index (κ2) is 32.9. The molecule has 0 atom stereocenters. The minimum Gasteiger partial charge on any atom is -0.0622 e. The molecular weight excluding hydrogens is 1470 g/mol. The highest BCUT2D eigenvalue weighted by atomic mass is 29.8. The van der Waals surface area contributed by atoms with Crippen LogP contribution < -0.4 is 0 Å². The summed E-state index contributed by atoms with van der Waals surface area (Å²) in [5.41, 5.74) is 30.9. The van der Waals surface area contributed by atoms with Crippen LogP contribution in [0.25, 0.3) is 165 Å². The van der Waals surface area contributed by atoms with E-state index in [9.17, 15) is 0 Å². The average molecular weight is 1540 g/mol. The summed E-state index contributed by atoms with van der Waals surface area (Å²) in [4.78, 5) is 0. The van der Waals surface area contributed by atoms with E-state index in [1.165, 1.54) is 134 Å². The molecule has 0 aliphatic rings. The number of rotatable bonds is 18. The van der Waals surface area contributed by atoms with Gasteiger partial charge in [0.15, 0.2) is 0 Å². The van der Waals surface area contributed by atoms with Crippen LogP contribution in [-0.4, -0.2) is 44.4 Å². The molecule has 6 heteroatoms. The predicted molar refractivity (Wildman–Crippen MR) is 495 cm³/mol. The fraction of sp³-hybridized carbons (Fsp3) is 0. The van der Waals surface area contributed by atoms with Gasteiger partial charge in [-0.25, -0.2) is 0 Å². The minimum atomic E-state index is -2.33. The number of hydrogen-bond donors (Lipinski definition) is 0. The van der Waals surface area contributed by atoms with E-state index < -0.39 is 44.4 Å². The molecule has 19 aromatic rings. The smallest absolute Gasteiger partial charge is 0.0420 e. The topological polar surface area (TPSA) is 0 Å². The lowest BCUT2D eigenvalue weighted by molar-refractivity contribution is 1.60. The molecule has 534 valence electrons. The van der Waals surface area contributed by atoms with E-state index in [0.717, 1.165) is 0 Å². The van der Waals surface area contributed by atoms with Crippen molar-refractivity contribution in [2.45, 2.75) is 0 Å². The van der Waals surface area contributed by atoms with Crippen LogP contribution in [0.2, 0.25) is 0 Å². The van der Waals surface area contributed by atoms with Crippen LogP contribution >= 0.6 is 0 Å². The third kappa shape index (κ3) is 13.8. The van der Waals surface area contributed by atoms with Crippen molar-refractivity contribution in [3.05, 3.63) is 473 Å². The van der Waals surface area contributed by atoms with Gasteiger partial charge in [-0.3, -0.25) is 0 Å². The number of hydrogen-bond acceptors (Lipinski definition) is 0. The maximum atomic E-state index is 2.56. The highest BCUT2D eigenvalue weighted by Crippen LogP contribution is 2.49. The SMILES string of the molecule is c1ccc(-c2cccc(-c3ccccc3)c2-[si]2[si](-c3c(-c4ccccc4)cccc3-c3ccccc3)[si](-c3c(-c4ccccc4)cccc3-c3ccccc3)[si](-c3c(-c4ccccc4)cccc3-c3ccccc3)[si](-c3c(-c4ccccc4)cccc3-c3ccccc3)[si]2-c2c(-c3ccccc3)cccc2-c2ccccc2)cc1. The highest BCUT2D eigenvalue weighted by molar-refractivity contribution is 7.69. The lowest BCUT2D eigenvalue weighted by Crippen LogP contribution is -2.49. The second-order valence-electron chi connectivity index (χ2n) is 29.0. The van der Waals surface area contributed by atoms with Crippen molar-refractivity contribution in [1.82, 2.24) is 0 Å². The number of benzene rings is 18. The Labute approximate surface area is 676 Å². The fourth-order valence-corrected chi connectivity index (χ4v) is 139. The zero-order chi connectivity index (χ0) is 75.9. The predicted octanol–water partition coefficient (Wildman–Crippen LogP) is 27.8. The van der Waals surface area contributed by atoms with Crippen LogP contribution in [0.3, 0.4) is 0 Å². The molecule has 0 unspecified atom stereocenters. The molecule has 0 amide bonds. The zero-order valence-electron chi connectivity index (χ0n) is 63.0. The molecule has 0 spiro atoms. The quantitative estimate of drug-likeness (QED) is 0.0751. The first kappa shape index (κ1) is 71.6. The minimum absolute atomic E-state index is 1.24. The van der Waals surface area contributed by atoms with Gasteiger partial charge < -0.3 is 0 Å². The van der Waals surface area contributed by atoms with E-state index in [1.807, 2.05) is 0 Å². The van der Waals surface area contributed by atoms with Crippen LogP contribution in [0.1, 0.15) is 0 Å². The molecule has 19 rings (SSSR count). The van der Waals surface area contributed by atoms with Crippen molar-refractivity contribution in [2.75, 3.05) is 0 Å². The van der Waals surface area contributed by atoms with Gasteiger partial charge in [0.2, 0.25) is 0 Å². The maximum absolute atomic E-state index is 2.56. The molecule has 0 saturated carbocycles. The van der Waals surface area contributed by atoms with Crippen LogP contribution in [0.5, 0.6) is 0 Å². The van der Waals surface area contributed by atoms with Gasteiger partial charge in [-0.2, -0.15) is 0 Å². The van der Waals surface area contributed by atoms with Crippen molar-refractivity contribution in [3.8, 4) is 165 Å². The molecule has 114 heavy (non-hydrogen) atoms. The van der Waals surface area contributed by atoms with Gasteiger partial charge in [-0.05, 0) is 165 Å². The van der Waals surface area contributed by atoms with Gasteiger partial charge in [-0.1, -0.05) is 473 Å². The first-order chi connectivity index (χ1) is 56.7. The highest BCUT2D eigenvalue weighted by Gasteiger charge is 2.41. The third-order valence-electron chi connectivity index (χ3n) is 22.4. The Kier molecular flexibility index (Phi) is 20.7. The van der Waals surface area contributed by atoms with E-state index in [0.29, 0.717) is 0 Å². The molecule has 0 aliphatic heterocycles. The summed E-state index contributed by atoms with van der Waals surface area (Å²) in [5.74, 6) is 0. The molecule has 1 aromatic heterocycles. The zero-order valence-corrected chi connectivity index (χ0v) is 69.0. The second-order valence-corrected chi connectivity index (χ2v) is 63.5. The van der Waals surface area contributed by atoms with Gasteiger partial charge in [0.1, 0.15) is 0 Å². The van der Waals surface area contributed by atoms with Crippen molar-refractivity contribution in [1.29, 1.82) is 0 Å². The van der Waals surface area contributed by atoms with Crippen LogP contribution in [0.15, 0.2) is 473 Å². The molecule has 0 saturated heterocycles. The summed E-state index contributed by atoms with van der Waals surface area (Å²) in [6.07, 6.45) is 0. The van der Waals surface area contributed by atoms with Crippen molar-refractivity contribution in [3.63, 3.8) is 0 Å². The maximum Gasteiger partial charge on any atom is 0.0420 e. The lowest BCUT2D eigenvalue weighted by atomic mass is 9.99. The molecule has 1 heterocycles. The molecular formula is C108H78Si6.